The number of allylic oxidation sites excluding steroid dienone is 1. The van der Waals surface area contributed by atoms with Crippen molar-refractivity contribution >= 4 is 11.7 Å². The van der Waals surface area contributed by atoms with E-state index in [0.29, 0.717) is 29.7 Å². The molecule has 0 aliphatic rings. The van der Waals surface area contributed by atoms with Gasteiger partial charge >= 0.3 is 0 Å². The number of ketones is 1. The molecule has 4 nitrogen and oxygen atoms in total. The first-order valence-electron chi connectivity index (χ1n) is 10.9. The molecule has 3 aromatic carbocycles. The van der Waals surface area contributed by atoms with Crippen LogP contribution in [0.1, 0.15) is 41.3 Å². The highest BCUT2D eigenvalue weighted by Crippen LogP contribution is 2.24. The minimum absolute atomic E-state index is 0.0176. The van der Waals surface area contributed by atoms with Crippen molar-refractivity contribution in [3.63, 3.8) is 0 Å². The molecule has 0 aromatic heterocycles. The third-order valence-corrected chi connectivity index (χ3v) is 5.93. The SMILES string of the molecule is C=C(N)C(C)CC(CCc1ccc(-c2ccc(C(=O)c3ccccc3)cc2)cc1)C(N)=O. The van der Waals surface area contributed by atoms with Gasteiger partial charge in [-0.05, 0) is 41.9 Å². The van der Waals surface area contributed by atoms with E-state index >= 15 is 0 Å². The predicted molar refractivity (Wildman–Crippen MR) is 130 cm³/mol. The molecule has 4 heteroatoms. The third-order valence-electron chi connectivity index (χ3n) is 5.93. The summed E-state index contributed by atoms with van der Waals surface area (Å²) in [5, 5.41) is 0. The number of amides is 1. The summed E-state index contributed by atoms with van der Waals surface area (Å²) in [6.45, 7) is 5.73. The summed E-state index contributed by atoms with van der Waals surface area (Å²) in [7, 11) is 0. The Hall–Kier alpha value is -3.66. The number of primary amides is 1. The fourth-order valence-corrected chi connectivity index (χ4v) is 3.73. The van der Waals surface area contributed by atoms with E-state index in [0.717, 1.165) is 23.1 Å². The molecule has 0 saturated heterocycles. The summed E-state index contributed by atoms with van der Waals surface area (Å²) >= 11 is 0. The molecule has 4 N–H and O–H groups in total. The topological polar surface area (TPSA) is 86.2 Å². The van der Waals surface area contributed by atoms with E-state index in [1.165, 1.54) is 0 Å². The Morgan fingerprint density at radius 3 is 1.88 bits per heavy atom. The van der Waals surface area contributed by atoms with Crippen LogP contribution in [0.5, 0.6) is 0 Å². The van der Waals surface area contributed by atoms with E-state index in [1.807, 2.05) is 61.5 Å². The zero-order chi connectivity index (χ0) is 23.1. The molecular formula is C28H30N2O2. The highest BCUT2D eigenvalue weighted by molar-refractivity contribution is 6.09. The summed E-state index contributed by atoms with van der Waals surface area (Å²) < 4.78 is 0. The Labute approximate surface area is 190 Å². The molecule has 0 saturated carbocycles. The van der Waals surface area contributed by atoms with Crippen LogP contribution in [0.4, 0.5) is 0 Å². The quantitative estimate of drug-likeness (QED) is 0.441. The molecule has 3 aromatic rings. The predicted octanol–water partition coefficient (Wildman–Crippen LogP) is 5.12. The van der Waals surface area contributed by atoms with Gasteiger partial charge in [0.15, 0.2) is 5.78 Å². The van der Waals surface area contributed by atoms with Crippen LogP contribution in [0.3, 0.4) is 0 Å². The van der Waals surface area contributed by atoms with Gasteiger partial charge in [-0.1, -0.05) is 92.4 Å². The summed E-state index contributed by atoms with van der Waals surface area (Å²) in [5.41, 5.74) is 16.5. The van der Waals surface area contributed by atoms with Gasteiger partial charge in [0.2, 0.25) is 5.91 Å². The van der Waals surface area contributed by atoms with Crippen LogP contribution >= 0.6 is 0 Å². The molecule has 0 radical (unpaired) electrons. The summed E-state index contributed by atoms with van der Waals surface area (Å²) in [6.07, 6.45) is 2.07. The fourth-order valence-electron chi connectivity index (χ4n) is 3.73. The van der Waals surface area contributed by atoms with Crippen molar-refractivity contribution in [3.8, 4) is 11.1 Å². The number of carbonyl (C=O) groups excluding carboxylic acids is 2. The van der Waals surface area contributed by atoms with Gasteiger partial charge < -0.3 is 11.5 Å². The molecule has 0 bridgehead atoms. The summed E-state index contributed by atoms with van der Waals surface area (Å²) in [6, 6.07) is 25.2. The Morgan fingerprint density at radius 1 is 0.812 bits per heavy atom. The molecule has 0 aliphatic heterocycles. The lowest BCUT2D eigenvalue weighted by Crippen LogP contribution is -2.26. The van der Waals surface area contributed by atoms with E-state index in [9.17, 15) is 9.59 Å². The molecule has 0 fully saturated rings. The van der Waals surface area contributed by atoms with Gasteiger partial charge in [0, 0.05) is 22.7 Å². The van der Waals surface area contributed by atoms with E-state index < -0.39 is 0 Å². The van der Waals surface area contributed by atoms with Crippen LogP contribution in [0.2, 0.25) is 0 Å². The molecule has 2 atom stereocenters. The number of hydrogen-bond acceptors (Lipinski definition) is 3. The Bertz CT molecular complexity index is 1070. The number of carbonyl (C=O) groups is 2. The minimum Gasteiger partial charge on any atom is -0.402 e. The van der Waals surface area contributed by atoms with Crippen LogP contribution in [0, 0.1) is 11.8 Å². The maximum absolute atomic E-state index is 12.6. The van der Waals surface area contributed by atoms with Gasteiger partial charge in [-0.3, -0.25) is 9.59 Å². The molecule has 32 heavy (non-hydrogen) atoms. The van der Waals surface area contributed by atoms with E-state index in [2.05, 4.69) is 30.8 Å². The van der Waals surface area contributed by atoms with Gasteiger partial charge in [0.25, 0.3) is 0 Å². The normalized spacial score (nSPS) is 12.7. The highest BCUT2D eigenvalue weighted by atomic mass is 16.1. The van der Waals surface area contributed by atoms with Crippen molar-refractivity contribution in [1.82, 2.24) is 0 Å². The Morgan fingerprint density at radius 2 is 1.34 bits per heavy atom. The lowest BCUT2D eigenvalue weighted by atomic mass is 9.88. The van der Waals surface area contributed by atoms with Crippen molar-refractivity contribution in [2.75, 3.05) is 0 Å². The standard InChI is InChI=1S/C28H30N2O2/c1-19(20(2)29)18-26(28(30)32)13-10-21-8-11-22(12-9-21)23-14-16-25(17-15-23)27(31)24-6-4-3-5-7-24/h3-9,11-12,14-17,19,26H,2,10,13,18,29H2,1H3,(H2,30,32). The van der Waals surface area contributed by atoms with Crippen LogP contribution in [0.25, 0.3) is 11.1 Å². The number of benzene rings is 3. The second kappa shape index (κ2) is 10.6. The van der Waals surface area contributed by atoms with Crippen molar-refractivity contribution in [2.45, 2.75) is 26.2 Å². The Kier molecular flexibility index (Phi) is 7.61. The molecule has 164 valence electrons. The zero-order valence-electron chi connectivity index (χ0n) is 18.5. The van der Waals surface area contributed by atoms with Crippen molar-refractivity contribution in [1.29, 1.82) is 0 Å². The zero-order valence-corrected chi connectivity index (χ0v) is 18.5. The first-order valence-corrected chi connectivity index (χ1v) is 10.9. The number of rotatable bonds is 10. The fraction of sp³-hybridized carbons (Fsp3) is 0.214. The first-order chi connectivity index (χ1) is 15.3. The van der Waals surface area contributed by atoms with Crippen LogP contribution in [0.15, 0.2) is 91.1 Å². The van der Waals surface area contributed by atoms with Gasteiger partial charge in [0.05, 0.1) is 0 Å². The lowest BCUT2D eigenvalue weighted by Gasteiger charge is -2.18. The van der Waals surface area contributed by atoms with Crippen molar-refractivity contribution < 1.29 is 9.59 Å². The van der Waals surface area contributed by atoms with Gasteiger partial charge in [-0.15, -0.1) is 0 Å². The average Bonchev–Trinajstić information content (AvgIpc) is 2.82. The van der Waals surface area contributed by atoms with Gasteiger partial charge in [-0.25, -0.2) is 0 Å². The monoisotopic (exact) mass is 426 g/mol. The summed E-state index contributed by atoms with van der Waals surface area (Å²) in [4.78, 5) is 24.4. The van der Waals surface area contributed by atoms with Crippen molar-refractivity contribution in [3.05, 3.63) is 108 Å². The second-order valence-corrected chi connectivity index (χ2v) is 8.32. The first kappa shape index (κ1) is 23.0. The summed E-state index contributed by atoms with van der Waals surface area (Å²) in [5.74, 6) is -0.435. The third kappa shape index (κ3) is 5.94. The molecule has 3 rings (SSSR count). The Balaban J connectivity index is 1.63. The number of hydrogen-bond donors (Lipinski definition) is 2. The average molecular weight is 427 g/mol. The second-order valence-electron chi connectivity index (χ2n) is 8.32. The van der Waals surface area contributed by atoms with E-state index in [4.69, 9.17) is 11.5 Å². The van der Waals surface area contributed by atoms with Crippen LogP contribution in [-0.2, 0) is 11.2 Å². The molecule has 0 heterocycles. The largest absolute Gasteiger partial charge is 0.402 e. The molecule has 2 unspecified atom stereocenters. The van der Waals surface area contributed by atoms with Crippen molar-refractivity contribution in [2.24, 2.45) is 23.3 Å². The smallest absolute Gasteiger partial charge is 0.220 e. The minimum atomic E-state index is -0.292. The maximum Gasteiger partial charge on any atom is 0.220 e. The van der Waals surface area contributed by atoms with Crippen LogP contribution < -0.4 is 11.5 Å². The number of nitrogens with two attached hydrogens (primary N) is 2. The molecule has 1 amide bonds. The number of aryl methyl sites for hydroxylation is 1. The van der Waals surface area contributed by atoms with Crippen LogP contribution in [-0.4, -0.2) is 11.7 Å². The molecule has 0 aliphatic carbocycles. The lowest BCUT2D eigenvalue weighted by molar-refractivity contribution is -0.122. The van der Waals surface area contributed by atoms with Gasteiger partial charge in [-0.2, -0.15) is 0 Å². The molecular weight excluding hydrogens is 396 g/mol. The van der Waals surface area contributed by atoms with E-state index in [1.54, 1.807) is 0 Å². The van der Waals surface area contributed by atoms with E-state index in [-0.39, 0.29) is 23.5 Å². The maximum atomic E-state index is 12.6. The molecule has 0 spiro atoms. The highest BCUT2D eigenvalue weighted by Gasteiger charge is 2.19. The van der Waals surface area contributed by atoms with Gasteiger partial charge in [0.1, 0.15) is 0 Å².